The third-order valence-electron chi connectivity index (χ3n) is 2.55. The molecule has 3 heteroatoms. The molecule has 1 saturated heterocycles. The third kappa shape index (κ3) is 2.75. The molecule has 1 aromatic rings. The molecule has 0 spiro atoms. The summed E-state index contributed by atoms with van der Waals surface area (Å²) < 4.78 is 0. The van der Waals surface area contributed by atoms with Crippen LogP contribution in [0.3, 0.4) is 0 Å². The minimum Gasteiger partial charge on any atom is -0.329 e. The summed E-state index contributed by atoms with van der Waals surface area (Å²) in [5.41, 5.74) is 2.48. The first-order chi connectivity index (χ1) is 7.25. The number of nitrogens with zero attached hydrogens (tertiary/aromatic N) is 1. The number of benzene rings is 1. The Labute approximate surface area is 94.7 Å². The molecular formula is C12H15NOS. The minimum absolute atomic E-state index is 0.224. The maximum atomic E-state index is 11.6. The fraction of sp³-hybridized carbons (Fsp3) is 0.417. The van der Waals surface area contributed by atoms with Crippen LogP contribution in [-0.4, -0.2) is 22.4 Å². The van der Waals surface area contributed by atoms with Crippen LogP contribution in [0, 0.1) is 6.92 Å². The topological polar surface area (TPSA) is 20.3 Å². The van der Waals surface area contributed by atoms with Gasteiger partial charge in [0.2, 0.25) is 0 Å². The number of amides is 1. The molecule has 0 aliphatic carbocycles. The number of carbonyl (C=O) groups is 1. The lowest BCUT2D eigenvalue weighted by molar-refractivity contribution is 0.218. The zero-order valence-electron chi connectivity index (χ0n) is 8.90. The average molecular weight is 221 g/mol. The van der Waals surface area contributed by atoms with E-state index >= 15 is 0 Å². The van der Waals surface area contributed by atoms with E-state index < -0.39 is 0 Å². The van der Waals surface area contributed by atoms with Gasteiger partial charge in [0.05, 0.1) is 0 Å². The lowest BCUT2D eigenvalue weighted by Gasteiger charge is -2.25. The highest BCUT2D eigenvalue weighted by atomic mass is 32.2. The molecule has 0 radical (unpaired) electrons. The second-order valence-electron chi connectivity index (χ2n) is 3.88. The summed E-state index contributed by atoms with van der Waals surface area (Å²) in [4.78, 5) is 13.5. The summed E-state index contributed by atoms with van der Waals surface area (Å²) in [5, 5.41) is 0.224. The van der Waals surface area contributed by atoms with E-state index in [1.54, 1.807) is 0 Å². The second kappa shape index (κ2) is 4.71. The van der Waals surface area contributed by atoms with Crippen molar-refractivity contribution in [3.05, 3.63) is 35.4 Å². The van der Waals surface area contributed by atoms with Crippen LogP contribution in [0.25, 0.3) is 0 Å². The van der Waals surface area contributed by atoms with Gasteiger partial charge in [0.15, 0.2) is 0 Å². The van der Waals surface area contributed by atoms with Crippen molar-refractivity contribution in [2.75, 3.05) is 12.3 Å². The van der Waals surface area contributed by atoms with Crippen LogP contribution in [0.4, 0.5) is 4.79 Å². The molecule has 1 amide bonds. The lowest BCUT2D eigenvalue weighted by Crippen LogP contribution is -2.32. The maximum Gasteiger partial charge on any atom is 0.281 e. The normalized spacial score (nSPS) is 16.9. The molecule has 0 atom stereocenters. The number of aryl methyl sites for hydroxylation is 1. The fourth-order valence-corrected chi connectivity index (χ4v) is 2.44. The summed E-state index contributed by atoms with van der Waals surface area (Å²) in [7, 11) is 0. The Bertz CT molecular complexity index is 347. The first-order valence-electron chi connectivity index (χ1n) is 5.23. The van der Waals surface area contributed by atoms with Crippen LogP contribution in [-0.2, 0) is 6.54 Å². The Kier molecular flexibility index (Phi) is 3.31. The molecule has 2 rings (SSSR count). The Morgan fingerprint density at radius 1 is 1.33 bits per heavy atom. The van der Waals surface area contributed by atoms with E-state index in [9.17, 15) is 4.79 Å². The van der Waals surface area contributed by atoms with E-state index in [0.717, 1.165) is 25.3 Å². The predicted octanol–water partition coefficient (Wildman–Crippen LogP) is 3.05. The van der Waals surface area contributed by atoms with Crippen molar-refractivity contribution in [1.82, 2.24) is 4.90 Å². The molecule has 15 heavy (non-hydrogen) atoms. The molecule has 1 aromatic carbocycles. The monoisotopic (exact) mass is 221 g/mol. The van der Waals surface area contributed by atoms with Crippen LogP contribution in [0.1, 0.15) is 17.5 Å². The van der Waals surface area contributed by atoms with Gasteiger partial charge in [0.25, 0.3) is 5.24 Å². The number of carbonyl (C=O) groups excluding carboxylic acids is 1. The maximum absolute atomic E-state index is 11.6. The Balaban J connectivity index is 2.01. The van der Waals surface area contributed by atoms with Crippen molar-refractivity contribution in [3.8, 4) is 0 Å². The van der Waals surface area contributed by atoms with E-state index in [-0.39, 0.29) is 5.24 Å². The van der Waals surface area contributed by atoms with Crippen LogP contribution in [0.2, 0.25) is 0 Å². The summed E-state index contributed by atoms with van der Waals surface area (Å²) in [6, 6.07) is 8.39. The molecule has 1 aliphatic rings. The number of hydrogen-bond acceptors (Lipinski definition) is 2. The van der Waals surface area contributed by atoms with Gasteiger partial charge in [-0.05, 0) is 18.9 Å². The highest BCUT2D eigenvalue weighted by Crippen LogP contribution is 2.19. The summed E-state index contributed by atoms with van der Waals surface area (Å²) in [5.74, 6) is 0.975. The summed E-state index contributed by atoms with van der Waals surface area (Å²) >= 11 is 1.44. The molecule has 1 heterocycles. The molecule has 0 aromatic heterocycles. The smallest absolute Gasteiger partial charge is 0.281 e. The third-order valence-corrected chi connectivity index (χ3v) is 3.55. The molecule has 1 aliphatic heterocycles. The predicted molar refractivity (Wildman–Crippen MR) is 64.1 cm³/mol. The fourth-order valence-electron chi connectivity index (χ4n) is 1.65. The molecule has 1 fully saturated rings. The van der Waals surface area contributed by atoms with Gasteiger partial charge in [-0.1, -0.05) is 41.6 Å². The minimum atomic E-state index is 0.224. The Hall–Kier alpha value is -0.960. The van der Waals surface area contributed by atoms with Crippen molar-refractivity contribution in [1.29, 1.82) is 0 Å². The number of thioether (sulfide) groups is 1. The van der Waals surface area contributed by atoms with Gasteiger partial charge in [-0.3, -0.25) is 4.79 Å². The van der Waals surface area contributed by atoms with Gasteiger partial charge in [-0.25, -0.2) is 0 Å². The van der Waals surface area contributed by atoms with E-state index in [0.29, 0.717) is 0 Å². The lowest BCUT2D eigenvalue weighted by atomic mass is 10.1. The van der Waals surface area contributed by atoms with Crippen LogP contribution in [0.5, 0.6) is 0 Å². The average Bonchev–Trinajstić information content (AvgIpc) is 2.25. The van der Waals surface area contributed by atoms with Gasteiger partial charge < -0.3 is 4.90 Å². The van der Waals surface area contributed by atoms with Crippen molar-refractivity contribution in [3.63, 3.8) is 0 Å². The largest absolute Gasteiger partial charge is 0.329 e. The van der Waals surface area contributed by atoms with Crippen molar-refractivity contribution < 1.29 is 4.79 Å². The van der Waals surface area contributed by atoms with E-state index in [4.69, 9.17) is 0 Å². The molecular weight excluding hydrogens is 206 g/mol. The first-order valence-corrected chi connectivity index (χ1v) is 6.21. The van der Waals surface area contributed by atoms with E-state index in [1.165, 1.54) is 22.9 Å². The van der Waals surface area contributed by atoms with Gasteiger partial charge in [-0.2, -0.15) is 0 Å². The van der Waals surface area contributed by atoms with Crippen LogP contribution < -0.4 is 0 Å². The molecule has 0 unspecified atom stereocenters. The summed E-state index contributed by atoms with van der Waals surface area (Å²) in [6.07, 6.45) is 1.11. The van der Waals surface area contributed by atoms with Gasteiger partial charge in [-0.15, -0.1) is 0 Å². The van der Waals surface area contributed by atoms with Crippen molar-refractivity contribution >= 4 is 17.0 Å². The quantitative estimate of drug-likeness (QED) is 0.765. The van der Waals surface area contributed by atoms with Gasteiger partial charge >= 0.3 is 0 Å². The summed E-state index contributed by atoms with van der Waals surface area (Å²) in [6.45, 7) is 3.73. The van der Waals surface area contributed by atoms with Crippen molar-refractivity contribution in [2.45, 2.75) is 19.9 Å². The van der Waals surface area contributed by atoms with E-state index in [2.05, 4.69) is 31.2 Å². The highest BCUT2D eigenvalue weighted by molar-refractivity contribution is 8.13. The Morgan fingerprint density at radius 3 is 2.73 bits per heavy atom. The van der Waals surface area contributed by atoms with E-state index in [1.807, 2.05) is 4.90 Å². The van der Waals surface area contributed by atoms with Gasteiger partial charge in [0, 0.05) is 18.8 Å². The van der Waals surface area contributed by atoms with Crippen LogP contribution >= 0.6 is 11.8 Å². The standard InChI is InChI=1S/C12H15NOS/c1-10-3-5-11(6-4-10)9-13-7-2-8-15-12(13)14/h3-6H,2,7-9H2,1H3. The highest BCUT2D eigenvalue weighted by Gasteiger charge is 2.18. The zero-order chi connectivity index (χ0) is 10.7. The molecule has 80 valence electrons. The van der Waals surface area contributed by atoms with Crippen LogP contribution in [0.15, 0.2) is 24.3 Å². The molecule has 2 nitrogen and oxygen atoms in total. The number of rotatable bonds is 2. The zero-order valence-corrected chi connectivity index (χ0v) is 9.72. The molecule has 0 N–H and O–H groups in total. The molecule has 0 saturated carbocycles. The first kappa shape index (κ1) is 10.6. The Morgan fingerprint density at radius 2 is 2.07 bits per heavy atom. The van der Waals surface area contributed by atoms with Gasteiger partial charge in [0.1, 0.15) is 0 Å². The second-order valence-corrected chi connectivity index (χ2v) is 4.92. The van der Waals surface area contributed by atoms with Crippen molar-refractivity contribution in [2.24, 2.45) is 0 Å². The number of hydrogen-bond donors (Lipinski definition) is 0. The molecule has 0 bridgehead atoms. The SMILES string of the molecule is Cc1ccc(CN2CCCSC2=O)cc1.